The molecule has 3 aromatic carbocycles. The van der Waals surface area contributed by atoms with E-state index in [0.29, 0.717) is 12.0 Å². The Morgan fingerprint density at radius 1 is 0.966 bits per heavy atom. The minimum atomic E-state index is -3.87. The van der Waals surface area contributed by atoms with Gasteiger partial charge in [0.2, 0.25) is 0 Å². The van der Waals surface area contributed by atoms with Crippen LogP contribution in [-0.2, 0) is 19.4 Å². The van der Waals surface area contributed by atoms with E-state index >= 15 is 0 Å². The summed E-state index contributed by atoms with van der Waals surface area (Å²) >= 11 is 0. The number of esters is 1. The Balaban J connectivity index is 2.05. The Kier molecular flexibility index (Phi) is 6.67. The molecule has 0 saturated carbocycles. The van der Waals surface area contributed by atoms with Crippen molar-refractivity contribution in [1.29, 1.82) is 0 Å². The number of fused-ring (bicyclic) bond motifs is 1. The van der Waals surface area contributed by atoms with Gasteiger partial charge in [-0.25, -0.2) is 8.42 Å². The summed E-state index contributed by atoms with van der Waals surface area (Å²) in [5.74, 6) is -0.384. The zero-order chi connectivity index (χ0) is 20.9. The molecule has 2 atom stereocenters. The molecule has 0 aromatic heterocycles. The van der Waals surface area contributed by atoms with Gasteiger partial charge < -0.3 is 9.84 Å². The van der Waals surface area contributed by atoms with E-state index in [1.807, 2.05) is 30.3 Å². The Labute approximate surface area is 170 Å². The summed E-state index contributed by atoms with van der Waals surface area (Å²) in [6.07, 6.45) is -0.550. The first-order valence-corrected chi connectivity index (χ1v) is 11.0. The molecule has 0 saturated heterocycles. The number of aliphatic hydroxyl groups is 1. The molecule has 29 heavy (non-hydrogen) atoms. The summed E-state index contributed by atoms with van der Waals surface area (Å²) in [4.78, 5) is 11.6. The third-order valence-corrected chi connectivity index (χ3v) is 7.16. The van der Waals surface area contributed by atoms with Gasteiger partial charge in [0.05, 0.1) is 18.1 Å². The minimum absolute atomic E-state index is 0.126. The van der Waals surface area contributed by atoms with Gasteiger partial charge in [-0.1, -0.05) is 60.7 Å². The monoisotopic (exact) mass is 412 g/mol. The number of sulfone groups is 1. The van der Waals surface area contributed by atoms with Crippen molar-refractivity contribution in [2.75, 3.05) is 7.11 Å². The Hall–Kier alpha value is -2.70. The predicted octanol–water partition coefficient (Wildman–Crippen LogP) is 4.06. The normalized spacial score (nSPS) is 13.7. The van der Waals surface area contributed by atoms with Gasteiger partial charge in [0.25, 0.3) is 0 Å². The molecule has 0 heterocycles. The quantitative estimate of drug-likeness (QED) is 0.565. The van der Waals surface area contributed by atoms with Crippen LogP contribution in [0, 0.1) is 0 Å². The smallest absolute Gasteiger partial charge is 0.305 e. The fourth-order valence-electron chi connectivity index (χ4n) is 3.55. The molecular weight excluding hydrogens is 388 g/mol. The Bertz CT molecular complexity index is 1070. The molecule has 0 aliphatic rings. The summed E-state index contributed by atoms with van der Waals surface area (Å²) in [5, 5.41) is 11.5. The number of methoxy groups -OCH3 is 1. The second kappa shape index (κ2) is 9.20. The molecule has 0 radical (unpaired) electrons. The van der Waals surface area contributed by atoms with E-state index in [-0.39, 0.29) is 23.7 Å². The fourth-order valence-corrected chi connectivity index (χ4v) is 5.46. The van der Waals surface area contributed by atoms with E-state index in [1.165, 1.54) is 19.2 Å². The number of benzene rings is 3. The molecule has 0 aliphatic carbocycles. The van der Waals surface area contributed by atoms with Crippen molar-refractivity contribution in [3.8, 4) is 0 Å². The second-order valence-corrected chi connectivity index (χ2v) is 8.95. The Morgan fingerprint density at radius 3 is 2.34 bits per heavy atom. The molecule has 0 aliphatic heterocycles. The number of ether oxygens (including phenoxy) is 1. The highest BCUT2D eigenvalue weighted by Gasteiger charge is 2.36. The molecule has 5 nitrogen and oxygen atoms in total. The molecule has 0 spiro atoms. The maximum absolute atomic E-state index is 13.5. The van der Waals surface area contributed by atoms with Crippen LogP contribution in [0.25, 0.3) is 10.8 Å². The molecule has 0 bridgehead atoms. The number of rotatable bonds is 8. The van der Waals surface area contributed by atoms with Crippen LogP contribution in [0.4, 0.5) is 0 Å². The van der Waals surface area contributed by atoms with Crippen molar-refractivity contribution in [3.05, 3.63) is 78.4 Å². The topological polar surface area (TPSA) is 80.7 Å². The largest absolute Gasteiger partial charge is 0.469 e. The van der Waals surface area contributed by atoms with Gasteiger partial charge in [0, 0.05) is 6.42 Å². The predicted molar refractivity (Wildman–Crippen MR) is 112 cm³/mol. The first kappa shape index (κ1) is 21.0. The number of aliphatic hydroxyl groups excluding tert-OH is 1. The van der Waals surface area contributed by atoms with Gasteiger partial charge in [-0.05, 0) is 41.3 Å². The number of carbonyl (C=O) groups excluding carboxylic acids is 1. The van der Waals surface area contributed by atoms with Gasteiger partial charge in [-0.2, -0.15) is 0 Å². The molecule has 152 valence electrons. The molecule has 2 unspecified atom stereocenters. The van der Waals surface area contributed by atoms with Crippen LogP contribution in [-0.4, -0.2) is 32.7 Å². The summed E-state index contributed by atoms with van der Waals surface area (Å²) in [7, 11) is -2.56. The lowest BCUT2D eigenvalue weighted by molar-refractivity contribution is -0.140. The maximum atomic E-state index is 13.5. The van der Waals surface area contributed by atoms with E-state index in [0.717, 1.165) is 10.8 Å². The molecule has 1 N–H and O–H groups in total. The SMILES string of the molecule is COC(=O)CCCC(O)C(c1cccc2ccccc12)S(=O)(=O)c1ccccc1. The van der Waals surface area contributed by atoms with Crippen LogP contribution in [0.2, 0.25) is 0 Å². The van der Waals surface area contributed by atoms with Crippen LogP contribution in [0.15, 0.2) is 77.7 Å². The third-order valence-electron chi connectivity index (χ3n) is 4.99. The highest BCUT2D eigenvalue weighted by molar-refractivity contribution is 7.91. The lowest BCUT2D eigenvalue weighted by Gasteiger charge is -2.25. The highest BCUT2D eigenvalue weighted by atomic mass is 32.2. The van der Waals surface area contributed by atoms with Gasteiger partial charge in [-0.15, -0.1) is 0 Å². The molecule has 0 amide bonds. The van der Waals surface area contributed by atoms with Gasteiger partial charge in [0.15, 0.2) is 9.84 Å². The van der Waals surface area contributed by atoms with Crippen LogP contribution in [0.1, 0.15) is 30.1 Å². The standard InChI is InChI=1S/C23H24O5S/c1-28-22(25)16-8-15-21(24)23(29(26,27)18-11-3-2-4-12-18)20-14-7-10-17-9-5-6-13-19(17)20/h2-7,9-14,21,23-24H,8,15-16H2,1H3. The Morgan fingerprint density at radius 2 is 1.62 bits per heavy atom. The molecule has 3 aromatic rings. The van der Waals surface area contributed by atoms with Crippen molar-refractivity contribution in [2.24, 2.45) is 0 Å². The van der Waals surface area contributed by atoms with Crippen LogP contribution in [0.5, 0.6) is 0 Å². The first-order chi connectivity index (χ1) is 13.9. The second-order valence-electron chi connectivity index (χ2n) is 6.88. The van der Waals surface area contributed by atoms with Crippen LogP contribution >= 0.6 is 0 Å². The van der Waals surface area contributed by atoms with Crippen molar-refractivity contribution in [2.45, 2.75) is 35.5 Å². The molecular formula is C23H24O5S. The van der Waals surface area contributed by atoms with Crippen molar-refractivity contribution >= 4 is 26.6 Å². The summed E-state index contributed by atoms with van der Waals surface area (Å²) < 4.78 is 31.7. The summed E-state index contributed by atoms with van der Waals surface area (Å²) in [5.41, 5.74) is 0.553. The maximum Gasteiger partial charge on any atom is 0.305 e. The van der Waals surface area contributed by atoms with Crippen LogP contribution < -0.4 is 0 Å². The summed E-state index contributed by atoms with van der Waals surface area (Å²) in [6, 6.07) is 21.1. The first-order valence-electron chi connectivity index (χ1n) is 9.46. The van der Waals surface area contributed by atoms with Crippen molar-refractivity contribution in [1.82, 2.24) is 0 Å². The fraction of sp³-hybridized carbons (Fsp3) is 0.261. The molecule has 3 rings (SSSR count). The zero-order valence-electron chi connectivity index (χ0n) is 16.2. The van der Waals surface area contributed by atoms with Crippen molar-refractivity contribution < 1.29 is 23.1 Å². The zero-order valence-corrected chi connectivity index (χ0v) is 17.0. The average Bonchev–Trinajstić information content (AvgIpc) is 2.74. The molecule has 6 heteroatoms. The van der Waals surface area contributed by atoms with E-state index in [1.54, 1.807) is 30.3 Å². The van der Waals surface area contributed by atoms with E-state index in [9.17, 15) is 18.3 Å². The minimum Gasteiger partial charge on any atom is -0.469 e. The van der Waals surface area contributed by atoms with Gasteiger partial charge in [-0.3, -0.25) is 4.79 Å². The number of hydrogen-bond acceptors (Lipinski definition) is 5. The van der Waals surface area contributed by atoms with Crippen molar-refractivity contribution in [3.63, 3.8) is 0 Å². The lowest BCUT2D eigenvalue weighted by atomic mass is 9.97. The number of hydrogen-bond donors (Lipinski definition) is 1. The highest BCUT2D eigenvalue weighted by Crippen LogP contribution is 2.37. The average molecular weight is 413 g/mol. The molecule has 0 fully saturated rings. The van der Waals surface area contributed by atoms with E-state index in [2.05, 4.69) is 4.74 Å². The van der Waals surface area contributed by atoms with E-state index in [4.69, 9.17) is 0 Å². The van der Waals surface area contributed by atoms with E-state index < -0.39 is 21.2 Å². The lowest BCUT2D eigenvalue weighted by Crippen LogP contribution is -2.27. The van der Waals surface area contributed by atoms with Gasteiger partial charge >= 0.3 is 5.97 Å². The third kappa shape index (κ3) is 4.66. The summed E-state index contributed by atoms with van der Waals surface area (Å²) in [6.45, 7) is 0. The number of carbonyl (C=O) groups is 1. The van der Waals surface area contributed by atoms with Gasteiger partial charge in [0.1, 0.15) is 5.25 Å². The van der Waals surface area contributed by atoms with Crippen LogP contribution in [0.3, 0.4) is 0 Å².